The molecule has 1 aliphatic heterocycles. The Hall–Kier alpha value is -2.37. The Morgan fingerprint density at radius 3 is 2.40 bits per heavy atom. The van der Waals surface area contributed by atoms with E-state index in [0.29, 0.717) is 31.9 Å². The maximum atomic E-state index is 12.0. The lowest BCUT2D eigenvalue weighted by atomic mass is 10.2. The summed E-state index contributed by atoms with van der Waals surface area (Å²) in [5.74, 6) is -1.20. The fraction of sp³-hybridized carbons (Fsp3) is 0.357. The summed E-state index contributed by atoms with van der Waals surface area (Å²) in [6.45, 7) is 3.57. The second-order valence-corrected chi connectivity index (χ2v) is 4.70. The highest BCUT2D eigenvalue weighted by molar-refractivity contribution is 6.39. The van der Waals surface area contributed by atoms with E-state index >= 15 is 0 Å². The summed E-state index contributed by atoms with van der Waals surface area (Å²) in [7, 11) is 0. The normalized spacial score (nSPS) is 14.8. The Morgan fingerprint density at radius 2 is 1.80 bits per heavy atom. The van der Waals surface area contributed by atoms with Crippen LogP contribution in [-0.2, 0) is 14.4 Å². The quantitative estimate of drug-likeness (QED) is 0.620. The fourth-order valence-electron chi connectivity index (χ4n) is 2.06. The summed E-state index contributed by atoms with van der Waals surface area (Å²) in [5, 5.41) is 2.62. The molecule has 1 saturated heterocycles. The Bertz CT molecular complexity index is 522. The van der Waals surface area contributed by atoms with Crippen LogP contribution in [0, 0.1) is 6.92 Å². The van der Waals surface area contributed by atoms with Crippen LogP contribution in [-0.4, -0.2) is 54.2 Å². The van der Waals surface area contributed by atoms with Gasteiger partial charge in [0.05, 0.1) is 0 Å². The van der Waals surface area contributed by atoms with E-state index in [1.54, 1.807) is 17.0 Å². The summed E-state index contributed by atoms with van der Waals surface area (Å²) >= 11 is 0. The molecule has 0 bridgehead atoms. The molecule has 1 N–H and O–H groups in total. The van der Waals surface area contributed by atoms with E-state index in [2.05, 4.69) is 5.32 Å². The molecule has 6 nitrogen and oxygen atoms in total. The highest BCUT2D eigenvalue weighted by atomic mass is 16.2. The first-order chi connectivity index (χ1) is 9.61. The van der Waals surface area contributed by atoms with Crippen molar-refractivity contribution in [2.24, 2.45) is 0 Å². The number of anilines is 1. The number of rotatable bonds is 2. The van der Waals surface area contributed by atoms with Crippen LogP contribution in [0.15, 0.2) is 24.3 Å². The van der Waals surface area contributed by atoms with Crippen LogP contribution < -0.4 is 5.32 Å². The van der Waals surface area contributed by atoms with Gasteiger partial charge >= 0.3 is 11.8 Å². The number of aryl methyl sites for hydroxylation is 1. The third kappa shape index (κ3) is 3.14. The largest absolute Gasteiger partial charge is 0.342 e. The summed E-state index contributed by atoms with van der Waals surface area (Å²) < 4.78 is 0. The van der Waals surface area contributed by atoms with Gasteiger partial charge in [-0.2, -0.15) is 0 Å². The van der Waals surface area contributed by atoms with E-state index in [1.165, 1.54) is 4.90 Å². The van der Waals surface area contributed by atoms with E-state index in [0.717, 1.165) is 12.0 Å². The molecule has 6 heteroatoms. The van der Waals surface area contributed by atoms with Crippen molar-refractivity contribution >= 4 is 23.9 Å². The minimum atomic E-state index is -0.640. The summed E-state index contributed by atoms with van der Waals surface area (Å²) in [5.41, 5.74) is 1.54. The van der Waals surface area contributed by atoms with E-state index in [-0.39, 0.29) is 0 Å². The van der Waals surface area contributed by atoms with Crippen LogP contribution in [0.3, 0.4) is 0 Å². The van der Waals surface area contributed by atoms with Crippen molar-refractivity contribution in [1.29, 1.82) is 0 Å². The van der Waals surface area contributed by atoms with Gasteiger partial charge in [0.1, 0.15) is 0 Å². The number of carbonyl (C=O) groups is 3. The molecule has 1 heterocycles. The zero-order valence-corrected chi connectivity index (χ0v) is 11.3. The zero-order valence-electron chi connectivity index (χ0n) is 11.3. The number of nitrogens with zero attached hydrogens (tertiary/aromatic N) is 2. The zero-order chi connectivity index (χ0) is 14.5. The summed E-state index contributed by atoms with van der Waals surface area (Å²) in [6, 6.07) is 7.29. The van der Waals surface area contributed by atoms with Crippen LogP contribution in [0.25, 0.3) is 0 Å². The standard InChI is InChI=1S/C14H17N3O3/c1-11-4-2-3-5-12(11)15-13(19)14(20)17-8-6-16(10-18)7-9-17/h2-5,10H,6-9H2,1H3,(H,15,19). The van der Waals surface area contributed by atoms with Crippen LogP contribution in [0.5, 0.6) is 0 Å². The second-order valence-electron chi connectivity index (χ2n) is 4.70. The average molecular weight is 275 g/mol. The van der Waals surface area contributed by atoms with Crippen LogP contribution in [0.1, 0.15) is 5.56 Å². The molecule has 0 aliphatic carbocycles. The average Bonchev–Trinajstić information content (AvgIpc) is 2.49. The predicted molar refractivity (Wildman–Crippen MR) is 74.0 cm³/mol. The van der Waals surface area contributed by atoms with Crippen molar-refractivity contribution < 1.29 is 14.4 Å². The van der Waals surface area contributed by atoms with Gasteiger partial charge in [0, 0.05) is 31.9 Å². The van der Waals surface area contributed by atoms with Gasteiger partial charge in [0.25, 0.3) is 0 Å². The van der Waals surface area contributed by atoms with Crippen molar-refractivity contribution in [3.8, 4) is 0 Å². The van der Waals surface area contributed by atoms with Gasteiger partial charge in [-0.1, -0.05) is 18.2 Å². The number of piperazine rings is 1. The van der Waals surface area contributed by atoms with Gasteiger partial charge in [0.15, 0.2) is 0 Å². The first-order valence-electron chi connectivity index (χ1n) is 6.47. The van der Waals surface area contributed by atoms with E-state index in [1.807, 2.05) is 19.1 Å². The molecule has 0 atom stereocenters. The number of para-hydroxylation sites is 1. The Balaban J connectivity index is 1.94. The van der Waals surface area contributed by atoms with Crippen molar-refractivity contribution in [2.45, 2.75) is 6.92 Å². The first kappa shape index (κ1) is 14.0. The first-order valence-corrected chi connectivity index (χ1v) is 6.47. The maximum Gasteiger partial charge on any atom is 0.313 e. The molecule has 0 aromatic heterocycles. The third-order valence-corrected chi connectivity index (χ3v) is 3.34. The molecule has 0 saturated carbocycles. The highest BCUT2D eigenvalue weighted by Crippen LogP contribution is 2.13. The SMILES string of the molecule is Cc1ccccc1NC(=O)C(=O)N1CCN(C=O)CC1. The number of hydrogen-bond donors (Lipinski definition) is 1. The Kier molecular flexibility index (Phi) is 4.34. The molecule has 0 spiro atoms. The number of nitrogens with one attached hydrogen (secondary N) is 1. The summed E-state index contributed by atoms with van der Waals surface area (Å²) in [4.78, 5) is 37.6. The van der Waals surface area contributed by atoms with E-state index < -0.39 is 11.8 Å². The predicted octanol–water partition coefficient (Wildman–Crippen LogP) is 0.234. The molecule has 1 fully saturated rings. The topological polar surface area (TPSA) is 69.7 Å². The van der Waals surface area contributed by atoms with Gasteiger partial charge in [-0.05, 0) is 18.6 Å². The number of carbonyl (C=O) groups excluding carboxylic acids is 3. The molecule has 0 radical (unpaired) electrons. The number of amides is 3. The lowest BCUT2D eigenvalue weighted by molar-refractivity contribution is -0.144. The minimum absolute atomic E-state index is 0.388. The minimum Gasteiger partial charge on any atom is -0.342 e. The van der Waals surface area contributed by atoms with Gasteiger partial charge in [-0.3, -0.25) is 14.4 Å². The third-order valence-electron chi connectivity index (χ3n) is 3.34. The highest BCUT2D eigenvalue weighted by Gasteiger charge is 2.25. The molecular formula is C14H17N3O3. The monoisotopic (exact) mass is 275 g/mol. The van der Waals surface area contributed by atoms with E-state index in [9.17, 15) is 14.4 Å². The van der Waals surface area contributed by atoms with Crippen molar-refractivity contribution in [3.05, 3.63) is 29.8 Å². The molecule has 3 amide bonds. The van der Waals surface area contributed by atoms with Crippen LogP contribution in [0.4, 0.5) is 5.69 Å². The molecule has 0 unspecified atom stereocenters. The Morgan fingerprint density at radius 1 is 1.15 bits per heavy atom. The molecule has 20 heavy (non-hydrogen) atoms. The second kappa shape index (κ2) is 6.18. The molecule has 1 aromatic rings. The molecular weight excluding hydrogens is 258 g/mol. The van der Waals surface area contributed by atoms with Gasteiger partial charge < -0.3 is 15.1 Å². The van der Waals surface area contributed by atoms with Crippen LogP contribution in [0.2, 0.25) is 0 Å². The van der Waals surface area contributed by atoms with Crippen molar-refractivity contribution in [1.82, 2.24) is 9.80 Å². The van der Waals surface area contributed by atoms with Crippen molar-refractivity contribution in [2.75, 3.05) is 31.5 Å². The number of hydrogen-bond acceptors (Lipinski definition) is 3. The van der Waals surface area contributed by atoms with E-state index in [4.69, 9.17) is 0 Å². The molecule has 1 aromatic carbocycles. The van der Waals surface area contributed by atoms with Crippen molar-refractivity contribution in [3.63, 3.8) is 0 Å². The maximum absolute atomic E-state index is 12.0. The summed E-state index contributed by atoms with van der Waals surface area (Å²) in [6.07, 6.45) is 0.759. The Labute approximate surface area is 117 Å². The van der Waals surface area contributed by atoms with Gasteiger partial charge in [-0.25, -0.2) is 0 Å². The fourth-order valence-corrected chi connectivity index (χ4v) is 2.06. The van der Waals surface area contributed by atoms with Gasteiger partial charge in [-0.15, -0.1) is 0 Å². The smallest absolute Gasteiger partial charge is 0.313 e. The lowest BCUT2D eigenvalue weighted by Gasteiger charge is -2.32. The molecule has 2 rings (SSSR count). The molecule has 1 aliphatic rings. The molecule has 106 valence electrons. The number of benzene rings is 1. The van der Waals surface area contributed by atoms with Crippen LogP contribution >= 0.6 is 0 Å². The lowest BCUT2D eigenvalue weighted by Crippen LogP contribution is -2.51. The van der Waals surface area contributed by atoms with Gasteiger partial charge in [0.2, 0.25) is 6.41 Å².